The van der Waals surface area contributed by atoms with Gasteiger partial charge in [0, 0.05) is 18.7 Å². The summed E-state index contributed by atoms with van der Waals surface area (Å²) in [5, 5.41) is 3.57. The third-order valence-electron chi connectivity index (χ3n) is 1.36. The molecule has 0 saturated heterocycles. The van der Waals surface area contributed by atoms with Crippen LogP contribution in [0.4, 0.5) is 0 Å². The van der Waals surface area contributed by atoms with E-state index in [9.17, 15) is 0 Å². The average molecular weight is 169 g/mol. The van der Waals surface area contributed by atoms with Crippen LogP contribution in [0.25, 0.3) is 0 Å². The summed E-state index contributed by atoms with van der Waals surface area (Å²) >= 11 is 0. The van der Waals surface area contributed by atoms with Crippen LogP contribution in [0.5, 0.6) is 0 Å². The average Bonchev–Trinajstić information content (AvgIpc) is 2.56. The molecule has 0 saturated carbocycles. The normalized spacial score (nSPS) is 10.2. The van der Waals surface area contributed by atoms with Crippen molar-refractivity contribution in [2.45, 2.75) is 13.8 Å². The zero-order chi connectivity index (χ0) is 8.81. The second kappa shape index (κ2) is 4.95. The van der Waals surface area contributed by atoms with Gasteiger partial charge in [0.25, 0.3) is 0 Å². The SMILES string of the molecule is CCOB(OCC)c1cnoc1. The molecule has 0 radical (unpaired) electrons. The Balaban J connectivity index is 2.53. The lowest BCUT2D eigenvalue weighted by atomic mass is 9.81. The van der Waals surface area contributed by atoms with Crippen molar-refractivity contribution < 1.29 is 13.8 Å². The first-order valence-electron chi connectivity index (χ1n) is 4.01. The van der Waals surface area contributed by atoms with Gasteiger partial charge in [-0.2, -0.15) is 0 Å². The number of rotatable bonds is 5. The number of aromatic nitrogens is 1. The zero-order valence-corrected chi connectivity index (χ0v) is 7.32. The minimum atomic E-state index is -0.341. The van der Waals surface area contributed by atoms with Gasteiger partial charge in [-0.15, -0.1) is 0 Å². The van der Waals surface area contributed by atoms with Crippen molar-refractivity contribution >= 4 is 12.6 Å². The molecular weight excluding hydrogens is 157 g/mol. The van der Waals surface area contributed by atoms with E-state index < -0.39 is 0 Å². The summed E-state index contributed by atoms with van der Waals surface area (Å²) in [6, 6.07) is 0. The zero-order valence-electron chi connectivity index (χ0n) is 7.32. The Morgan fingerprint density at radius 3 is 2.50 bits per heavy atom. The molecule has 0 aliphatic heterocycles. The van der Waals surface area contributed by atoms with Crippen molar-refractivity contribution in [1.82, 2.24) is 5.16 Å². The van der Waals surface area contributed by atoms with Crippen LogP contribution < -0.4 is 5.46 Å². The Bertz CT molecular complexity index is 196. The van der Waals surface area contributed by atoms with Gasteiger partial charge < -0.3 is 13.8 Å². The summed E-state index contributed by atoms with van der Waals surface area (Å²) in [5.74, 6) is 0. The van der Waals surface area contributed by atoms with Crippen LogP contribution in [-0.2, 0) is 9.31 Å². The molecule has 0 unspecified atom stereocenters. The standard InChI is InChI=1S/C7H12BNO3/c1-3-10-8(11-4-2)7-5-9-12-6-7/h5-6H,3-4H2,1-2H3. The first-order valence-corrected chi connectivity index (χ1v) is 4.01. The summed E-state index contributed by atoms with van der Waals surface area (Å²) < 4.78 is 15.3. The third-order valence-corrected chi connectivity index (χ3v) is 1.36. The van der Waals surface area contributed by atoms with E-state index in [2.05, 4.69) is 9.68 Å². The molecule has 1 rings (SSSR count). The van der Waals surface area contributed by atoms with Crippen LogP contribution >= 0.6 is 0 Å². The highest BCUT2D eigenvalue weighted by Gasteiger charge is 2.21. The van der Waals surface area contributed by atoms with Gasteiger partial charge in [0.15, 0.2) is 0 Å². The van der Waals surface area contributed by atoms with E-state index in [4.69, 9.17) is 9.31 Å². The fraction of sp³-hybridized carbons (Fsp3) is 0.571. The first-order chi connectivity index (χ1) is 5.88. The lowest BCUT2D eigenvalue weighted by Gasteiger charge is -2.08. The van der Waals surface area contributed by atoms with E-state index in [0.29, 0.717) is 13.2 Å². The fourth-order valence-electron chi connectivity index (χ4n) is 0.873. The molecule has 1 aromatic heterocycles. The third kappa shape index (κ3) is 2.35. The topological polar surface area (TPSA) is 44.5 Å². The number of nitrogens with zero attached hydrogens (tertiary/aromatic N) is 1. The molecule has 0 fully saturated rings. The highest BCUT2D eigenvalue weighted by atomic mass is 16.6. The number of hydrogen-bond donors (Lipinski definition) is 0. The maximum Gasteiger partial charge on any atom is 0.498 e. The second-order valence-corrected chi connectivity index (χ2v) is 2.20. The van der Waals surface area contributed by atoms with Crippen molar-refractivity contribution in [3.05, 3.63) is 12.5 Å². The van der Waals surface area contributed by atoms with Crippen molar-refractivity contribution in [3.8, 4) is 0 Å². The summed E-state index contributed by atoms with van der Waals surface area (Å²) in [5.41, 5.74) is 0.818. The van der Waals surface area contributed by atoms with Gasteiger partial charge >= 0.3 is 7.12 Å². The summed E-state index contributed by atoms with van der Waals surface area (Å²) in [4.78, 5) is 0. The van der Waals surface area contributed by atoms with Gasteiger partial charge in [-0.1, -0.05) is 5.16 Å². The lowest BCUT2D eigenvalue weighted by Crippen LogP contribution is -2.36. The second-order valence-electron chi connectivity index (χ2n) is 2.20. The molecule has 1 aromatic rings. The fourth-order valence-corrected chi connectivity index (χ4v) is 0.873. The summed E-state index contributed by atoms with van der Waals surface area (Å²) in [6.07, 6.45) is 3.12. The van der Waals surface area contributed by atoms with Gasteiger partial charge in [-0.3, -0.25) is 0 Å². The minimum absolute atomic E-state index is 0.341. The predicted molar refractivity (Wildman–Crippen MR) is 45.1 cm³/mol. The van der Waals surface area contributed by atoms with E-state index in [1.165, 1.54) is 6.26 Å². The van der Waals surface area contributed by atoms with E-state index in [1.807, 2.05) is 13.8 Å². The predicted octanol–water partition coefficient (Wildman–Crippen LogP) is 0.443. The molecule has 12 heavy (non-hydrogen) atoms. The van der Waals surface area contributed by atoms with Crippen molar-refractivity contribution in [1.29, 1.82) is 0 Å². The molecule has 0 atom stereocenters. The van der Waals surface area contributed by atoms with Gasteiger partial charge in [0.2, 0.25) is 0 Å². The van der Waals surface area contributed by atoms with Gasteiger partial charge in [-0.25, -0.2) is 0 Å². The van der Waals surface area contributed by atoms with Crippen molar-refractivity contribution in [3.63, 3.8) is 0 Å². The Morgan fingerprint density at radius 1 is 1.42 bits per heavy atom. The summed E-state index contributed by atoms with van der Waals surface area (Å²) in [6.45, 7) is 5.05. The largest absolute Gasteiger partial charge is 0.498 e. The van der Waals surface area contributed by atoms with Crippen molar-refractivity contribution in [2.75, 3.05) is 13.2 Å². The molecule has 0 amide bonds. The van der Waals surface area contributed by atoms with Crippen LogP contribution in [0.15, 0.2) is 17.0 Å². The highest BCUT2D eigenvalue weighted by Crippen LogP contribution is 1.91. The maximum absolute atomic E-state index is 5.30. The minimum Gasteiger partial charge on any atom is -0.407 e. The Hall–Kier alpha value is -0.805. The highest BCUT2D eigenvalue weighted by molar-refractivity contribution is 6.61. The smallest absolute Gasteiger partial charge is 0.407 e. The molecule has 66 valence electrons. The Kier molecular flexibility index (Phi) is 3.83. The molecule has 0 aliphatic rings. The van der Waals surface area contributed by atoms with Gasteiger partial charge in [-0.05, 0) is 13.8 Å². The van der Waals surface area contributed by atoms with E-state index in [0.717, 1.165) is 5.46 Å². The molecule has 0 N–H and O–H groups in total. The molecule has 5 heteroatoms. The van der Waals surface area contributed by atoms with Gasteiger partial charge in [0.1, 0.15) is 6.26 Å². The van der Waals surface area contributed by atoms with Crippen molar-refractivity contribution in [2.24, 2.45) is 0 Å². The molecule has 0 bridgehead atoms. The molecule has 0 spiro atoms. The molecule has 0 aromatic carbocycles. The monoisotopic (exact) mass is 169 g/mol. The van der Waals surface area contributed by atoms with Crippen LogP contribution in [0.2, 0.25) is 0 Å². The molecule has 0 aliphatic carbocycles. The lowest BCUT2D eigenvalue weighted by molar-refractivity contribution is 0.225. The van der Waals surface area contributed by atoms with Crippen LogP contribution in [-0.4, -0.2) is 25.5 Å². The van der Waals surface area contributed by atoms with Crippen LogP contribution in [0, 0.1) is 0 Å². The number of hydrogen-bond acceptors (Lipinski definition) is 4. The maximum atomic E-state index is 5.30. The molecular formula is C7H12BNO3. The Morgan fingerprint density at radius 2 is 2.08 bits per heavy atom. The Labute approximate surface area is 72.0 Å². The van der Waals surface area contributed by atoms with Gasteiger partial charge in [0.05, 0.1) is 6.20 Å². The van der Waals surface area contributed by atoms with E-state index in [-0.39, 0.29) is 7.12 Å². The van der Waals surface area contributed by atoms with Crippen LogP contribution in [0.3, 0.4) is 0 Å². The van der Waals surface area contributed by atoms with E-state index in [1.54, 1.807) is 6.20 Å². The first kappa shape index (κ1) is 9.28. The van der Waals surface area contributed by atoms with E-state index >= 15 is 0 Å². The molecule has 4 nitrogen and oxygen atoms in total. The van der Waals surface area contributed by atoms with Crippen LogP contribution in [0.1, 0.15) is 13.8 Å². The summed E-state index contributed by atoms with van der Waals surface area (Å²) in [7, 11) is -0.341. The molecule has 1 heterocycles. The quantitative estimate of drug-likeness (QED) is 0.600.